The highest BCUT2D eigenvalue weighted by molar-refractivity contribution is 5.94. The van der Waals surface area contributed by atoms with E-state index < -0.39 is 0 Å². The maximum Gasteiger partial charge on any atom is 0.159 e. The van der Waals surface area contributed by atoms with E-state index in [1.807, 2.05) is 48.5 Å². The molecule has 0 saturated heterocycles. The number of carbonyl (C=O) groups excluding carboxylic acids is 1. The molecule has 1 atom stereocenters. The van der Waals surface area contributed by atoms with Gasteiger partial charge in [0.25, 0.3) is 0 Å². The van der Waals surface area contributed by atoms with Crippen molar-refractivity contribution in [3.8, 4) is 11.1 Å². The Kier molecular flexibility index (Phi) is 4.66. The number of carbonyl (C=O) groups is 1. The minimum absolute atomic E-state index is 0.0712. The number of hydrogen-bond donors (Lipinski definition) is 2. The average Bonchev–Trinajstić information content (AvgIpc) is 2.48. The maximum atomic E-state index is 11.2. The molecule has 0 radical (unpaired) electrons. The van der Waals surface area contributed by atoms with Crippen molar-refractivity contribution in [1.82, 2.24) is 0 Å². The van der Waals surface area contributed by atoms with Gasteiger partial charge in [0.15, 0.2) is 5.78 Å². The first-order chi connectivity index (χ1) is 9.61. The highest BCUT2D eigenvalue weighted by Crippen LogP contribution is 2.22. The molecule has 0 aliphatic heterocycles. The number of nitrogens with two attached hydrogens (primary N) is 1. The number of benzene rings is 2. The second kappa shape index (κ2) is 6.46. The standard InChI is InChI=1S/C17H19NO2/c1-12(20)13-2-4-14(5-3-13)15-6-8-16(9-7-15)17(18)10-11-19/h2-9,17,19H,10-11,18H2,1H3. The molecule has 0 amide bonds. The smallest absolute Gasteiger partial charge is 0.159 e. The van der Waals surface area contributed by atoms with Gasteiger partial charge >= 0.3 is 0 Å². The molecule has 2 aromatic carbocycles. The summed E-state index contributed by atoms with van der Waals surface area (Å²) < 4.78 is 0. The lowest BCUT2D eigenvalue weighted by molar-refractivity contribution is 0.101. The molecule has 3 N–H and O–H groups in total. The number of rotatable bonds is 5. The predicted molar refractivity (Wildman–Crippen MR) is 80.5 cm³/mol. The van der Waals surface area contributed by atoms with Crippen LogP contribution in [0.15, 0.2) is 48.5 Å². The Bertz CT molecular complexity index is 573. The highest BCUT2D eigenvalue weighted by Gasteiger charge is 2.06. The molecule has 0 heterocycles. The van der Waals surface area contributed by atoms with E-state index in [0.29, 0.717) is 6.42 Å². The summed E-state index contributed by atoms with van der Waals surface area (Å²) in [6, 6.07) is 15.4. The molecule has 0 bridgehead atoms. The summed E-state index contributed by atoms with van der Waals surface area (Å²) in [5, 5.41) is 8.89. The molecule has 0 aromatic heterocycles. The van der Waals surface area contributed by atoms with Crippen LogP contribution in [0.1, 0.15) is 35.3 Å². The van der Waals surface area contributed by atoms with Crippen molar-refractivity contribution >= 4 is 5.78 Å². The number of ketones is 1. The molecule has 0 saturated carbocycles. The van der Waals surface area contributed by atoms with E-state index in [4.69, 9.17) is 10.8 Å². The third kappa shape index (κ3) is 3.32. The van der Waals surface area contributed by atoms with Crippen LogP contribution in [0.3, 0.4) is 0 Å². The zero-order valence-corrected chi connectivity index (χ0v) is 11.5. The Morgan fingerprint density at radius 2 is 1.55 bits per heavy atom. The van der Waals surface area contributed by atoms with Gasteiger partial charge in [-0.25, -0.2) is 0 Å². The Morgan fingerprint density at radius 1 is 1.05 bits per heavy atom. The van der Waals surface area contributed by atoms with Crippen LogP contribution in [0, 0.1) is 0 Å². The lowest BCUT2D eigenvalue weighted by Crippen LogP contribution is -2.11. The van der Waals surface area contributed by atoms with Crippen LogP contribution >= 0.6 is 0 Å². The third-order valence-electron chi connectivity index (χ3n) is 3.40. The molecule has 2 aromatic rings. The van der Waals surface area contributed by atoms with Gasteiger partial charge in [-0.05, 0) is 30.0 Å². The minimum Gasteiger partial charge on any atom is -0.396 e. The first kappa shape index (κ1) is 14.4. The fourth-order valence-corrected chi connectivity index (χ4v) is 2.13. The monoisotopic (exact) mass is 269 g/mol. The number of hydrogen-bond acceptors (Lipinski definition) is 3. The molecule has 1 unspecified atom stereocenters. The Hall–Kier alpha value is -1.97. The van der Waals surface area contributed by atoms with Crippen molar-refractivity contribution < 1.29 is 9.90 Å². The zero-order chi connectivity index (χ0) is 14.5. The fourth-order valence-electron chi connectivity index (χ4n) is 2.13. The number of aliphatic hydroxyl groups is 1. The van der Waals surface area contributed by atoms with Gasteiger partial charge in [0, 0.05) is 18.2 Å². The Morgan fingerprint density at radius 3 is 2.00 bits per heavy atom. The van der Waals surface area contributed by atoms with E-state index in [2.05, 4.69) is 0 Å². The summed E-state index contributed by atoms with van der Waals surface area (Å²) in [7, 11) is 0. The summed E-state index contributed by atoms with van der Waals surface area (Å²) in [4.78, 5) is 11.2. The summed E-state index contributed by atoms with van der Waals surface area (Å²) in [5.74, 6) is 0.0712. The van der Waals surface area contributed by atoms with Gasteiger partial charge in [-0.15, -0.1) is 0 Å². The molecule has 0 aliphatic carbocycles. The topological polar surface area (TPSA) is 63.3 Å². The lowest BCUT2D eigenvalue weighted by Gasteiger charge is -2.11. The largest absolute Gasteiger partial charge is 0.396 e. The molecule has 0 spiro atoms. The molecular weight excluding hydrogens is 250 g/mol. The number of aliphatic hydroxyl groups excluding tert-OH is 1. The van der Waals surface area contributed by atoms with Crippen molar-refractivity contribution in [2.75, 3.05) is 6.61 Å². The minimum atomic E-state index is -0.130. The van der Waals surface area contributed by atoms with Crippen molar-refractivity contribution in [3.05, 3.63) is 59.7 Å². The summed E-state index contributed by atoms with van der Waals surface area (Å²) in [6.07, 6.45) is 0.562. The van der Waals surface area contributed by atoms with Crippen molar-refractivity contribution in [2.24, 2.45) is 5.73 Å². The van der Waals surface area contributed by atoms with E-state index in [9.17, 15) is 4.79 Å². The lowest BCUT2D eigenvalue weighted by atomic mass is 9.99. The van der Waals surface area contributed by atoms with E-state index >= 15 is 0 Å². The van der Waals surface area contributed by atoms with Crippen LogP contribution in [0.2, 0.25) is 0 Å². The zero-order valence-electron chi connectivity index (χ0n) is 11.5. The normalized spacial score (nSPS) is 12.2. The van der Waals surface area contributed by atoms with Gasteiger partial charge in [-0.1, -0.05) is 48.5 Å². The molecule has 3 nitrogen and oxygen atoms in total. The van der Waals surface area contributed by atoms with Crippen LogP contribution in [0.4, 0.5) is 0 Å². The number of Topliss-reactive ketones (excluding diaryl/α,β-unsaturated/α-hetero) is 1. The summed E-state index contributed by atoms with van der Waals surface area (Å²) in [6.45, 7) is 1.65. The van der Waals surface area contributed by atoms with Crippen LogP contribution in [0.25, 0.3) is 11.1 Å². The average molecular weight is 269 g/mol. The van der Waals surface area contributed by atoms with E-state index in [0.717, 1.165) is 22.3 Å². The molecule has 0 aliphatic rings. The fraction of sp³-hybridized carbons (Fsp3) is 0.235. The van der Waals surface area contributed by atoms with Gasteiger partial charge in [0.1, 0.15) is 0 Å². The molecular formula is C17H19NO2. The van der Waals surface area contributed by atoms with Gasteiger partial charge in [0.05, 0.1) is 0 Å². The van der Waals surface area contributed by atoms with Crippen LogP contribution in [-0.4, -0.2) is 17.5 Å². The van der Waals surface area contributed by atoms with E-state index in [-0.39, 0.29) is 18.4 Å². The Balaban J connectivity index is 2.19. The second-order valence-electron chi connectivity index (χ2n) is 4.87. The van der Waals surface area contributed by atoms with Crippen molar-refractivity contribution in [1.29, 1.82) is 0 Å². The van der Waals surface area contributed by atoms with Gasteiger partial charge < -0.3 is 10.8 Å². The van der Waals surface area contributed by atoms with Gasteiger partial charge in [0.2, 0.25) is 0 Å². The van der Waals surface area contributed by atoms with E-state index in [1.165, 1.54) is 0 Å². The Labute approximate surface area is 119 Å². The van der Waals surface area contributed by atoms with Gasteiger partial charge in [-0.3, -0.25) is 4.79 Å². The molecule has 2 rings (SSSR count). The molecule has 0 fully saturated rings. The SMILES string of the molecule is CC(=O)c1ccc(-c2ccc(C(N)CCO)cc2)cc1. The summed E-state index contributed by atoms with van der Waals surface area (Å²) >= 11 is 0. The van der Waals surface area contributed by atoms with Crippen molar-refractivity contribution in [3.63, 3.8) is 0 Å². The summed E-state index contributed by atoms with van der Waals surface area (Å²) in [5.41, 5.74) is 9.83. The highest BCUT2D eigenvalue weighted by atomic mass is 16.3. The van der Waals surface area contributed by atoms with Crippen LogP contribution < -0.4 is 5.73 Å². The maximum absolute atomic E-state index is 11.2. The first-order valence-electron chi connectivity index (χ1n) is 6.69. The predicted octanol–water partition coefficient (Wildman–Crippen LogP) is 2.94. The first-order valence-corrected chi connectivity index (χ1v) is 6.69. The molecule has 104 valence electrons. The van der Waals surface area contributed by atoms with Crippen LogP contribution in [0.5, 0.6) is 0 Å². The van der Waals surface area contributed by atoms with E-state index in [1.54, 1.807) is 6.92 Å². The third-order valence-corrected chi connectivity index (χ3v) is 3.40. The van der Waals surface area contributed by atoms with Crippen LogP contribution in [-0.2, 0) is 0 Å². The van der Waals surface area contributed by atoms with Crippen molar-refractivity contribution in [2.45, 2.75) is 19.4 Å². The quantitative estimate of drug-likeness (QED) is 0.820. The van der Waals surface area contributed by atoms with Gasteiger partial charge in [-0.2, -0.15) is 0 Å². The second-order valence-corrected chi connectivity index (χ2v) is 4.87. The molecule has 20 heavy (non-hydrogen) atoms. The molecule has 3 heteroatoms.